The third-order valence-corrected chi connectivity index (χ3v) is 12.2. The van der Waals surface area contributed by atoms with Gasteiger partial charge in [0.05, 0.1) is 22.1 Å². The molecule has 0 amide bonds. The highest BCUT2D eigenvalue weighted by Gasteiger charge is 2.17. The van der Waals surface area contributed by atoms with E-state index in [1.54, 1.807) is 0 Å². The van der Waals surface area contributed by atoms with Gasteiger partial charge in [0.2, 0.25) is 5.95 Å². The molecule has 0 atom stereocenters. The molecule has 9 aromatic carbocycles. The lowest BCUT2D eigenvalue weighted by molar-refractivity contribution is 0.990. The average Bonchev–Trinajstić information content (AvgIpc) is 3.87. The second-order valence-electron chi connectivity index (χ2n) is 15.9. The van der Waals surface area contributed by atoms with Gasteiger partial charge in [0.25, 0.3) is 0 Å². The third kappa shape index (κ3) is 6.08. The van der Waals surface area contributed by atoms with Gasteiger partial charge in [0.15, 0.2) is 0 Å². The quantitative estimate of drug-likeness (QED) is 0.161. The summed E-state index contributed by atoms with van der Waals surface area (Å²) >= 11 is 0. The molecule has 0 aliphatic carbocycles. The third-order valence-electron chi connectivity index (χ3n) is 12.2. The maximum Gasteiger partial charge on any atom is 0.234 e. The molecule has 0 aliphatic rings. The van der Waals surface area contributed by atoms with Crippen molar-refractivity contribution in [2.24, 2.45) is 0 Å². The summed E-state index contributed by atoms with van der Waals surface area (Å²) < 4.78 is 4.54. The first kappa shape index (κ1) is 35.6. The number of benzene rings is 9. The van der Waals surface area contributed by atoms with Crippen LogP contribution in [0.5, 0.6) is 0 Å². The number of hydrogen-bond acceptors (Lipinski definition) is 2. The van der Waals surface area contributed by atoms with E-state index in [0.717, 1.165) is 33.4 Å². The van der Waals surface area contributed by atoms with Crippen LogP contribution in [-0.2, 0) is 0 Å². The van der Waals surface area contributed by atoms with Crippen molar-refractivity contribution in [3.8, 4) is 67.3 Å². The van der Waals surface area contributed by atoms with Gasteiger partial charge in [-0.1, -0.05) is 152 Å². The summed E-state index contributed by atoms with van der Waals surface area (Å²) in [4.78, 5) is 9.98. The molecule has 0 N–H and O–H groups in total. The highest BCUT2D eigenvalue weighted by atomic mass is 15.1. The zero-order valence-corrected chi connectivity index (χ0v) is 33.7. The average molecular weight is 791 g/mol. The van der Waals surface area contributed by atoms with Crippen LogP contribution in [0.25, 0.3) is 111 Å². The molecule has 0 saturated carbocycles. The second-order valence-corrected chi connectivity index (χ2v) is 15.9. The molecule has 0 bridgehead atoms. The Morgan fingerprint density at radius 3 is 1.13 bits per heavy atom. The molecule has 0 aliphatic heterocycles. The molecular formula is C58H38N4. The van der Waals surface area contributed by atoms with Crippen molar-refractivity contribution in [2.45, 2.75) is 0 Å². The van der Waals surface area contributed by atoms with E-state index in [2.05, 4.69) is 228 Å². The van der Waals surface area contributed by atoms with Gasteiger partial charge >= 0.3 is 0 Å². The standard InChI is InChI=1S/C58H38N4/c1-4-14-39(15-5-1)45-32-46(40-16-6-2-7-17-40)34-47(33-45)41-24-26-42(27-25-41)48-37-59-58(60-38-48)62-55-23-13-11-21-51(55)53-36-44(29-31-57(53)62)43-28-30-56-52(35-43)50-20-10-12-22-54(50)61(56)49-18-8-3-9-19-49/h1-38H. The normalized spacial score (nSPS) is 11.5. The highest BCUT2D eigenvalue weighted by molar-refractivity contribution is 6.12. The largest absolute Gasteiger partial charge is 0.309 e. The topological polar surface area (TPSA) is 35.6 Å². The number of fused-ring (bicyclic) bond motifs is 6. The first-order chi connectivity index (χ1) is 30.7. The van der Waals surface area contributed by atoms with E-state index in [9.17, 15) is 0 Å². The summed E-state index contributed by atoms with van der Waals surface area (Å²) in [6.45, 7) is 0. The van der Waals surface area contributed by atoms with Gasteiger partial charge < -0.3 is 4.57 Å². The minimum Gasteiger partial charge on any atom is -0.309 e. The van der Waals surface area contributed by atoms with E-state index in [1.807, 2.05) is 12.4 Å². The van der Waals surface area contributed by atoms with Crippen LogP contribution in [0.4, 0.5) is 0 Å². The number of aromatic nitrogens is 4. The lowest BCUT2D eigenvalue weighted by Crippen LogP contribution is -2.00. The van der Waals surface area contributed by atoms with Crippen LogP contribution in [-0.4, -0.2) is 19.1 Å². The Balaban J connectivity index is 0.883. The van der Waals surface area contributed by atoms with E-state index < -0.39 is 0 Å². The maximum atomic E-state index is 4.99. The zero-order chi connectivity index (χ0) is 41.0. The summed E-state index contributed by atoms with van der Waals surface area (Å²) in [5, 5.41) is 4.82. The van der Waals surface area contributed by atoms with Crippen molar-refractivity contribution < 1.29 is 0 Å². The van der Waals surface area contributed by atoms with E-state index in [4.69, 9.17) is 9.97 Å². The predicted octanol–water partition coefficient (Wildman–Crippen LogP) is 15.0. The van der Waals surface area contributed by atoms with Crippen LogP contribution < -0.4 is 0 Å². The number of para-hydroxylation sites is 3. The molecule has 12 rings (SSSR count). The van der Waals surface area contributed by atoms with Crippen molar-refractivity contribution in [1.82, 2.24) is 19.1 Å². The van der Waals surface area contributed by atoms with Crippen molar-refractivity contribution in [2.75, 3.05) is 0 Å². The van der Waals surface area contributed by atoms with Crippen LogP contribution in [0.2, 0.25) is 0 Å². The molecule has 4 nitrogen and oxygen atoms in total. The van der Waals surface area contributed by atoms with E-state index in [0.29, 0.717) is 5.95 Å². The molecule has 12 aromatic rings. The van der Waals surface area contributed by atoms with Crippen LogP contribution in [0.15, 0.2) is 231 Å². The second kappa shape index (κ2) is 14.7. The zero-order valence-electron chi connectivity index (χ0n) is 33.7. The van der Waals surface area contributed by atoms with Gasteiger partial charge in [0.1, 0.15) is 0 Å². The number of nitrogens with zero attached hydrogens (tertiary/aromatic N) is 4. The molecule has 0 saturated heterocycles. The van der Waals surface area contributed by atoms with Gasteiger partial charge in [-0.2, -0.15) is 0 Å². The Bertz CT molecular complexity index is 3530. The van der Waals surface area contributed by atoms with E-state index in [-0.39, 0.29) is 0 Å². The summed E-state index contributed by atoms with van der Waals surface area (Å²) in [6, 6.07) is 78.3. The first-order valence-corrected chi connectivity index (χ1v) is 21.0. The Morgan fingerprint density at radius 1 is 0.242 bits per heavy atom. The van der Waals surface area contributed by atoms with Crippen LogP contribution in [0.3, 0.4) is 0 Å². The molecule has 0 spiro atoms. The molecule has 290 valence electrons. The van der Waals surface area contributed by atoms with Crippen molar-refractivity contribution in [3.63, 3.8) is 0 Å². The Morgan fingerprint density at radius 2 is 0.613 bits per heavy atom. The fourth-order valence-corrected chi connectivity index (χ4v) is 9.21. The Hall–Kier alpha value is -8.34. The summed E-state index contributed by atoms with van der Waals surface area (Å²) in [5.41, 5.74) is 17.2. The van der Waals surface area contributed by atoms with Gasteiger partial charge in [-0.3, -0.25) is 4.57 Å². The van der Waals surface area contributed by atoms with Crippen molar-refractivity contribution >= 4 is 43.6 Å². The van der Waals surface area contributed by atoms with Crippen molar-refractivity contribution in [3.05, 3.63) is 231 Å². The maximum absolute atomic E-state index is 4.99. The molecule has 3 aromatic heterocycles. The summed E-state index contributed by atoms with van der Waals surface area (Å²) in [6.07, 6.45) is 3.88. The molecule has 0 fully saturated rings. The van der Waals surface area contributed by atoms with E-state index in [1.165, 1.54) is 71.5 Å². The monoisotopic (exact) mass is 790 g/mol. The molecule has 62 heavy (non-hydrogen) atoms. The summed E-state index contributed by atoms with van der Waals surface area (Å²) in [5.74, 6) is 0.644. The fraction of sp³-hybridized carbons (Fsp3) is 0. The molecule has 0 unspecified atom stereocenters. The van der Waals surface area contributed by atoms with Gasteiger partial charge in [-0.25, -0.2) is 9.97 Å². The highest BCUT2D eigenvalue weighted by Crippen LogP contribution is 2.39. The van der Waals surface area contributed by atoms with Gasteiger partial charge in [-0.15, -0.1) is 0 Å². The molecular weight excluding hydrogens is 753 g/mol. The lowest BCUT2D eigenvalue weighted by atomic mass is 9.93. The predicted molar refractivity (Wildman–Crippen MR) is 258 cm³/mol. The Labute approximate surface area is 359 Å². The minimum absolute atomic E-state index is 0.644. The SMILES string of the molecule is c1ccc(-c2cc(-c3ccccc3)cc(-c3ccc(-c4cnc(-n5c6ccccc6c6cc(-c7ccc8c(c7)c7ccccc7n8-c7ccccc7)ccc65)nc4)cc3)c2)cc1. The number of hydrogen-bond donors (Lipinski definition) is 0. The van der Waals surface area contributed by atoms with Crippen LogP contribution in [0, 0.1) is 0 Å². The molecule has 0 radical (unpaired) electrons. The summed E-state index contributed by atoms with van der Waals surface area (Å²) in [7, 11) is 0. The van der Waals surface area contributed by atoms with Crippen LogP contribution >= 0.6 is 0 Å². The van der Waals surface area contributed by atoms with Gasteiger partial charge in [-0.05, 0) is 117 Å². The van der Waals surface area contributed by atoms with E-state index >= 15 is 0 Å². The van der Waals surface area contributed by atoms with Gasteiger partial charge in [0, 0.05) is 45.2 Å². The first-order valence-electron chi connectivity index (χ1n) is 21.0. The van der Waals surface area contributed by atoms with Crippen LogP contribution in [0.1, 0.15) is 0 Å². The Kier molecular flexibility index (Phi) is 8.46. The molecule has 3 heterocycles. The fourth-order valence-electron chi connectivity index (χ4n) is 9.21. The smallest absolute Gasteiger partial charge is 0.234 e. The lowest BCUT2D eigenvalue weighted by Gasteiger charge is -2.12. The molecule has 4 heteroatoms. The van der Waals surface area contributed by atoms with Crippen molar-refractivity contribution in [1.29, 1.82) is 0 Å². The minimum atomic E-state index is 0.644. The number of rotatable bonds is 7.